The lowest BCUT2D eigenvalue weighted by Gasteiger charge is -2.26. The van der Waals surface area contributed by atoms with Crippen molar-refractivity contribution in [3.63, 3.8) is 0 Å². The molecule has 3 aliphatic carbocycles. The second-order valence-electron chi connectivity index (χ2n) is 13.4. The molecule has 9 rings (SSSR count). The van der Waals surface area contributed by atoms with E-state index in [2.05, 4.69) is 0 Å². The van der Waals surface area contributed by atoms with Crippen molar-refractivity contribution < 1.29 is 28.8 Å². The Hall–Kier alpha value is -7.64. The molecule has 0 amide bonds. The van der Waals surface area contributed by atoms with E-state index >= 15 is 0 Å². The highest BCUT2D eigenvalue weighted by atomic mass is 16.2. The number of ketones is 6. The maximum Gasteiger partial charge on any atom is 0.197 e. The molecule has 0 atom stereocenters. The van der Waals surface area contributed by atoms with Crippen molar-refractivity contribution in [1.82, 2.24) is 0 Å². The lowest BCUT2D eigenvalue weighted by molar-refractivity contribution is 0.0975. The summed E-state index contributed by atoms with van der Waals surface area (Å²) in [4.78, 5) is 80.2. The monoisotopic (exact) mass is 713 g/mol. The highest BCUT2D eigenvalue weighted by Gasteiger charge is 2.34. The van der Waals surface area contributed by atoms with Crippen molar-refractivity contribution in [2.24, 2.45) is 0 Å². The lowest BCUT2D eigenvalue weighted by atomic mass is 10.0. The average Bonchev–Trinajstić information content (AvgIpc) is 3.72. The molecule has 0 bridgehead atoms. The van der Waals surface area contributed by atoms with E-state index in [1.807, 2.05) is 77.7 Å². The van der Waals surface area contributed by atoms with Crippen molar-refractivity contribution in [3.8, 4) is 0 Å². The molecule has 0 heterocycles. The fourth-order valence-electron chi connectivity index (χ4n) is 7.32. The topological polar surface area (TPSA) is 106 Å². The van der Waals surface area contributed by atoms with E-state index in [1.54, 1.807) is 91.0 Å². The van der Waals surface area contributed by atoms with Gasteiger partial charge in [0.05, 0.1) is 16.7 Å². The Morgan fingerprint density at radius 2 is 0.473 bits per heavy atom. The number of anilines is 3. The van der Waals surface area contributed by atoms with Gasteiger partial charge in [0.2, 0.25) is 0 Å². The third kappa shape index (κ3) is 5.62. The third-order valence-electron chi connectivity index (χ3n) is 10.1. The molecule has 0 N–H and O–H groups in total. The molecule has 0 aliphatic heterocycles. The van der Waals surface area contributed by atoms with Gasteiger partial charge in [-0.25, -0.2) is 0 Å². The number of fused-ring (bicyclic) bond motifs is 3. The molecule has 0 unspecified atom stereocenters. The number of carbonyl (C=O) groups is 6. The molecule has 3 aliphatic rings. The Kier molecular flexibility index (Phi) is 7.91. The van der Waals surface area contributed by atoms with Crippen molar-refractivity contribution in [3.05, 3.63) is 212 Å². The zero-order valence-corrected chi connectivity index (χ0v) is 29.0. The fourth-order valence-corrected chi connectivity index (χ4v) is 7.32. The minimum absolute atomic E-state index is 0.116. The smallest absolute Gasteiger partial charge is 0.197 e. The summed E-state index contributed by atoms with van der Waals surface area (Å²) in [6, 6.07) is 42.7. The molecule has 260 valence electrons. The SMILES string of the molecule is O=C1C(=Cc2ccc(N(c3ccc(C=C4C(=O)c5ccccc5C4=O)cc3)c3ccc(C=C4C(=O)c5ccccc5C4=O)cc3)cc2)C(=O)c2ccccc21. The lowest BCUT2D eigenvalue weighted by Crippen LogP contribution is -2.10. The van der Waals surface area contributed by atoms with Gasteiger partial charge < -0.3 is 4.90 Å². The molecule has 6 aromatic rings. The van der Waals surface area contributed by atoms with Crippen LogP contribution in [0.1, 0.15) is 78.8 Å². The minimum Gasteiger partial charge on any atom is -0.311 e. The molecule has 6 aromatic carbocycles. The van der Waals surface area contributed by atoms with Crippen LogP contribution < -0.4 is 4.90 Å². The molecule has 0 fully saturated rings. The second kappa shape index (κ2) is 13.1. The Bertz CT molecular complexity index is 2370. The van der Waals surface area contributed by atoms with E-state index in [1.165, 1.54) is 0 Å². The summed E-state index contributed by atoms with van der Waals surface area (Å²) in [6.07, 6.45) is 4.82. The van der Waals surface area contributed by atoms with Gasteiger partial charge in [0.1, 0.15) is 0 Å². The molecule has 55 heavy (non-hydrogen) atoms. The predicted molar refractivity (Wildman–Crippen MR) is 210 cm³/mol. The van der Waals surface area contributed by atoms with E-state index in [0.29, 0.717) is 50.1 Å². The highest BCUT2D eigenvalue weighted by molar-refractivity contribution is 6.42. The molecule has 0 saturated heterocycles. The van der Waals surface area contributed by atoms with Crippen molar-refractivity contribution in [2.45, 2.75) is 0 Å². The van der Waals surface area contributed by atoms with Gasteiger partial charge in [0.25, 0.3) is 0 Å². The number of hydrogen-bond acceptors (Lipinski definition) is 7. The van der Waals surface area contributed by atoms with Gasteiger partial charge in [-0.3, -0.25) is 28.8 Å². The van der Waals surface area contributed by atoms with E-state index in [4.69, 9.17) is 0 Å². The van der Waals surface area contributed by atoms with Gasteiger partial charge in [0.15, 0.2) is 34.7 Å². The van der Waals surface area contributed by atoms with Crippen LogP contribution in [0.4, 0.5) is 17.1 Å². The van der Waals surface area contributed by atoms with E-state index < -0.39 is 0 Å². The van der Waals surface area contributed by atoms with Crippen LogP contribution in [-0.2, 0) is 0 Å². The molecule has 0 aromatic heterocycles. The van der Waals surface area contributed by atoms with Crippen molar-refractivity contribution >= 4 is 70.0 Å². The molecule has 0 radical (unpaired) electrons. The molecular weight excluding hydrogens is 687 g/mol. The summed E-state index contributed by atoms with van der Waals surface area (Å²) in [5.74, 6) is -1.80. The molecular formula is C48H27NO6. The van der Waals surface area contributed by atoms with Crippen LogP contribution in [0.3, 0.4) is 0 Å². The van der Waals surface area contributed by atoms with E-state index in [9.17, 15) is 28.8 Å². The number of benzene rings is 6. The Balaban J connectivity index is 1.05. The van der Waals surface area contributed by atoms with Crippen LogP contribution >= 0.6 is 0 Å². The van der Waals surface area contributed by atoms with Crippen LogP contribution in [0.2, 0.25) is 0 Å². The quantitative estimate of drug-likeness (QED) is 0.125. The zero-order chi connectivity index (χ0) is 37.8. The van der Waals surface area contributed by atoms with Crippen LogP contribution in [0.5, 0.6) is 0 Å². The number of carbonyl (C=O) groups excluding carboxylic acids is 6. The fraction of sp³-hybridized carbons (Fsp3) is 0. The van der Waals surface area contributed by atoms with Gasteiger partial charge in [-0.05, 0) is 71.3 Å². The van der Waals surface area contributed by atoms with E-state index in [0.717, 1.165) is 17.1 Å². The molecule has 7 nitrogen and oxygen atoms in total. The maximum absolute atomic E-state index is 13.0. The number of allylic oxidation sites excluding steroid dienone is 3. The highest BCUT2D eigenvalue weighted by Crippen LogP contribution is 2.37. The first-order chi connectivity index (χ1) is 26.8. The van der Waals surface area contributed by atoms with Crippen molar-refractivity contribution in [1.29, 1.82) is 0 Å². The minimum atomic E-state index is -0.300. The summed E-state index contributed by atoms with van der Waals surface area (Å²) in [5, 5.41) is 0. The molecule has 7 heteroatoms. The maximum atomic E-state index is 13.0. The Morgan fingerprint density at radius 3 is 0.673 bits per heavy atom. The van der Waals surface area contributed by atoms with Crippen molar-refractivity contribution in [2.75, 3.05) is 4.90 Å². The number of hydrogen-bond donors (Lipinski definition) is 0. The van der Waals surface area contributed by atoms with Gasteiger partial charge in [-0.15, -0.1) is 0 Å². The Labute approximate surface area is 315 Å². The average molecular weight is 714 g/mol. The first-order valence-corrected chi connectivity index (χ1v) is 17.6. The summed E-state index contributed by atoms with van der Waals surface area (Å²) >= 11 is 0. The predicted octanol–water partition coefficient (Wildman–Crippen LogP) is 9.54. The summed E-state index contributed by atoms with van der Waals surface area (Å²) in [7, 11) is 0. The van der Waals surface area contributed by atoms with Crippen LogP contribution in [0.15, 0.2) is 162 Å². The van der Waals surface area contributed by atoms with Gasteiger partial charge in [0, 0.05) is 50.4 Å². The second-order valence-corrected chi connectivity index (χ2v) is 13.4. The van der Waals surface area contributed by atoms with Crippen LogP contribution in [-0.4, -0.2) is 34.7 Å². The van der Waals surface area contributed by atoms with E-state index in [-0.39, 0.29) is 51.4 Å². The Morgan fingerprint density at radius 1 is 0.273 bits per heavy atom. The standard InChI is InChI=1S/C48H27NO6/c50-43-34-7-1-2-8-35(34)44(51)40(43)25-28-13-19-31(20-14-28)49(32-21-15-29(16-22-32)26-41-45(52)36-9-3-4-10-37(36)46(41)53)33-23-17-30(18-24-33)27-42-47(54)38-11-5-6-12-39(38)48(42)55/h1-27H. The largest absolute Gasteiger partial charge is 0.311 e. The van der Waals surface area contributed by atoms with Gasteiger partial charge in [-0.1, -0.05) is 109 Å². The summed E-state index contributed by atoms with van der Waals surface area (Å²) in [6.45, 7) is 0. The number of rotatable bonds is 6. The van der Waals surface area contributed by atoms with Crippen LogP contribution in [0.25, 0.3) is 18.2 Å². The first-order valence-electron chi connectivity index (χ1n) is 17.6. The van der Waals surface area contributed by atoms with Gasteiger partial charge >= 0.3 is 0 Å². The summed E-state index contributed by atoms with van der Waals surface area (Å²) in [5.41, 5.74) is 7.07. The number of Topliss-reactive ketones (excluding diaryl/α,β-unsaturated/α-hetero) is 6. The normalized spacial score (nSPS) is 14.3. The first kappa shape index (κ1) is 33.2. The molecule has 0 spiro atoms. The summed E-state index contributed by atoms with van der Waals surface area (Å²) < 4.78 is 0. The van der Waals surface area contributed by atoms with Crippen LogP contribution in [0, 0.1) is 0 Å². The van der Waals surface area contributed by atoms with Gasteiger partial charge in [-0.2, -0.15) is 0 Å². The third-order valence-corrected chi connectivity index (χ3v) is 10.1. The number of nitrogens with zero attached hydrogens (tertiary/aromatic N) is 1. The molecule has 0 saturated carbocycles. The zero-order valence-electron chi connectivity index (χ0n) is 29.0.